The summed E-state index contributed by atoms with van der Waals surface area (Å²) in [4.78, 5) is 2.03. The molecule has 0 radical (unpaired) electrons. The standard InChI is InChI=1S/C15H14F2OS/c1-8-5-10(12(17)7-11(8)16)15(18)14-6-9-3-2-4-13(9)19-14/h5-7,15,18H,2-4H2,1H3. The molecule has 0 amide bonds. The highest BCUT2D eigenvalue weighted by molar-refractivity contribution is 7.12. The topological polar surface area (TPSA) is 20.2 Å². The number of rotatable bonds is 2. The van der Waals surface area contributed by atoms with Crippen molar-refractivity contribution in [2.45, 2.75) is 32.3 Å². The van der Waals surface area contributed by atoms with E-state index in [-0.39, 0.29) is 5.56 Å². The van der Waals surface area contributed by atoms with Crippen LogP contribution in [0, 0.1) is 18.6 Å². The number of fused-ring (bicyclic) bond motifs is 1. The molecule has 1 nitrogen and oxygen atoms in total. The second kappa shape index (κ2) is 4.69. The third-order valence-corrected chi connectivity index (χ3v) is 4.90. The highest BCUT2D eigenvalue weighted by atomic mass is 32.1. The Morgan fingerprint density at radius 2 is 1.95 bits per heavy atom. The molecule has 0 aliphatic heterocycles. The molecular weight excluding hydrogens is 266 g/mol. The number of aliphatic hydroxyl groups is 1. The first-order valence-electron chi connectivity index (χ1n) is 6.31. The van der Waals surface area contributed by atoms with Crippen LogP contribution in [0.15, 0.2) is 18.2 Å². The fourth-order valence-corrected chi connectivity index (χ4v) is 3.79. The van der Waals surface area contributed by atoms with E-state index < -0.39 is 17.7 Å². The van der Waals surface area contributed by atoms with Crippen LogP contribution in [0.25, 0.3) is 0 Å². The van der Waals surface area contributed by atoms with Gasteiger partial charge in [0.25, 0.3) is 0 Å². The van der Waals surface area contributed by atoms with Gasteiger partial charge in [-0.05, 0) is 49.4 Å². The summed E-state index contributed by atoms with van der Waals surface area (Å²) >= 11 is 1.53. The van der Waals surface area contributed by atoms with Gasteiger partial charge in [0, 0.05) is 21.4 Å². The van der Waals surface area contributed by atoms with Gasteiger partial charge in [-0.3, -0.25) is 0 Å². The first-order valence-corrected chi connectivity index (χ1v) is 7.13. The SMILES string of the molecule is Cc1cc(C(O)c2cc3c(s2)CCC3)c(F)cc1F. The summed E-state index contributed by atoms with van der Waals surface area (Å²) in [6.07, 6.45) is 2.22. The predicted molar refractivity (Wildman–Crippen MR) is 71.5 cm³/mol. The van der Waals surface area contributed by atoms with Crippen LogP contribution in [0.3, 0.4) is 0 Å². The maximum Gasteiger partial charge on any atom is 0.132 e. The van der Waals surface area contributed by atoms with Crippen molar-refractivity contribution < 1.29 is 13.9 Å². The summed E-state index contributed by atoms with van der Waals surface area (Å²) < 4.78 is 27.0. The third kappa shape index (κ3) is 2.19. The molecule has 0 spiro atoms. The maximum atomic E-state index is 13.8. The van der Waals surface area contributed by atoms with Crippen LogP contribution in [0.5, 0.6) is 0 Å². The molecular formula is C15H14F2OS. The minimum Gasteiger partial charge on any atom is -0.383 e. The van der Waals surface area contributed by atoms with Crippen molar-refractivity contribution in [2.75, 3.05) is 0 Å². The van der Waals surface area contributed by atoms with Gasteiger partial charge in [0.05, 0.1) is 0 Å². The lowest BCUT2D eigenvalue weighted by Gasteiger charge is -2.11. The van der Waals surface area contributed by atoms with Crippen LogP contribution in [-0.4, -0.2) is 5.11 Å². The highest BCUT2D eigenvalue weighted by Gasteiger charge is 2.22. The predicted octanol–water partition coefficient (Wildman–Crippen LogP) is 3.91. The fraction of sp³-hybridized carbons (Fsp3) is 0.333. The quantitative estimate of drug-likeness (QED) is 0.884. The van der Waals surface area contributed by atoms with Crippen LogP contribution in [-0.2, 0) is 12.8 Å². The lowest BCUT2D eigenvalue weighted by Crippen LogP contribution is -2.02. The Hall–Kier alpha value is -1.26. The Kier molecular flexibility index (Phi) is 3.15. The van der Waals surface area contributed by atoms with Gasteiger partial charge in [-0.25, -0.2) is 8.78 Å². The van der Waals surface area contributed by atoms with Gasteiger partial charge < -0.3 is 5.11 Å². The molecule has 3 rings (SSSR count). The molecule has 1 aromatic heterocycles. The number of benzene rings is 1. The molecule has 1 aromatic carbocycles. The molecule has 100 valence electrons. The smallest absolute Gasteiger partial charge is 0.132 e. The summed E-state index contributed by atoms with van der Waals surface area (Å²) in [5.41, 5.74) is 1.76. The van der Waals surface area contributed by atoms with E-state index in [1.165, 1.54) is 27.8 Å². The second-order valence-corrected chi connectivity index (χ2v) is 6.14. The van der Waals surface area contributed by atoms with Crippen LogP contribution < -0.4 is 0 Å². The van der Waals surface area contributed by atoms with E-state index in [0.29, 0.717) is 5.56 Å². The Morgan fingerprint density at radius 1 is 1.16 bits per heavy atom. The van der Waals surface area contributed by atoms with Gasteiger partial charge in [-0.1, -0.05) is 0 Å². The van der Waals surface area contributed by atoms with Crippen molar-refractivity contribution in [1.29, 1.82) is 0 Å². The minimum atomic E-state index is -1.00. The normalized spacial score (nSPS) is 15.6. The van der Waals surface area contributed by atoms with E-state index in [4.69, 9.17) is 0 Å². The van der Waals surface area contributed by atoms with Crippen molar-refractivity contribution in [2.24, 2.45) is 0 Å². The third-order valence-electron chi connectivity index (χ3n) is 3.61. The van der Waals surface area contributed by atoms with Gasteiger partial charge in [0.15, 0.2) is 0 Å². The maximum absolute atomic E-state index is 13.8. The molecule has 1 unspecified atom stereocenters. The first-order chi connectivity index (χ1) is 9.06. The highest BCUT2D eigenvalue weighted by Crippen LogP contribution is 2.37. The van der Waals surface area contributed by atoms with Crippen molar-refractivity contribution in [3.63, 3.8) is 0 Å². The zero-order valence-electron chi connectivity index (χ0n) is 10.5. The average Bonchev–Trinajstić information content (AvgIpc) is 2.93. The van der Waals surface area contributed by atoms with Crippen LogP contribution in [0.2, 0.25) is 0 Å². The Balaban J connectivity index is 1.99. The van der Waals surface area contributed by atoms with Crippen molar-refractivity contribution in [3.05, 3.63) is 56.3 Å². The van der Waals surface area contributed by atoms with E-state index in [1.807, 2.05) is 6.07 Å². The molecule has 1 N–H and O–H groups in total. The molecule has 0 bridgehead atoms. The van der Waals surface area contributed by atoms with E-state index >= 15 is 0 Å². The lowest BCUT2D eigenvalue weighted by molar-refractivity contribution is 0.218. The first kappa shape index (κ1) is 12.8. The van der Waals surface area contributed by atoms with Crippen LogP contribution in [0.4, 0.5) is 8.78 Å². The Morgan fingerprint density at radius 3 is 2.68 bits per heavy atom. The molecule has 1 aliphatic rings. The van der Waals surface area contributed by atoms with Crippen LogP contribution >= 0.6 is 11.3 Å². The largest absolute Gasteiger partial charge is 0.383 e. The molecule has 1 atom stereocenters. The van der Waals surface area contributed by atoms with Gasteiger partial charge in [0.2, 0.25) is 0 Å². The summed E-state index contributed by atoms with van der Waals surface area (Å²) in [6.45, 7) is 1.57. The number of thiophene rings is 1. The number of halogens is 2. The Bertz CT molecular complexity index is 612. The van der Waals surface area contributed by atoms with Gasteiger partial charge in [0.1, 0.15) is 17.7 Å². The summed E-state index contributed by atoms with van der Waals surface area (Å²) in [6, 6.07) is 4.19. The number of aryl methyl sites for hydroxylation is 3. The van der Waals surface area contributed by atoms with Gasteiger partial charge in [-0.2, -0.15) is 0 Å². The minimum absolute atomic E-state index is 0.152. The Labute approximate surface area is 114 Å². The summed E-state index contributed by atoms with van der Waals surface area (Å²) in [7, 11) is 0. The van der Waals surface area contributed by atoms with Crippen molar-refractivity contribution in [1.82, 2.24) is 0 Å². The zero-order valence-corrected chi connectivity index (χ0v) is 11.4. The number of aliphatic hydroxyl groups excluding tert-OH is 1. The molecule has 0 saturated carbocycles. The molecule has 19 heavy (non-hydrogen) atoms. The van der Waals surface area contributed by atoms with E-state index in [9.17, 15) is 13.9 Å². The van der Waals surface area contributed by atoms with Crippen molar-refractivity contribution >= 4 is 11.3 Å². The molecule has 1 aliphatic carbocycles. The average molecular weight is 280 g/mol. The van der Waals surface area contributed by atoms with Crippen LogP contribution in [0.1, 0.15) is 39.0 Å². The molecule has 1 heterocycles. The second-order valence-electron chi connectivity index (χ2n) is 4.98. The fourth-order valence-electron chi connectivity index (χ4n) is 2.53. The molecule has 0 fully saturated rings. The molecule has 4 heteroatoms. The van der Waals surface area contributed by atoms with E-state index in [2.05, 4.69) is 0 Å². The monoisotopic (exact) mass is 280 g/mol. The number of hydrogen-bond donors (Lipinski definition) is 1. The van der Waals surface area contributed by atoms with Gasteiger partial charge in [-0.15, -0.1) is 11.3 Å². The number of hydrogen-bond acceptors (Lipinski definition) is 2. The van der Waals surface area contributed by atoms with E-state index in [0.717, 1.165) is 30.2 Å². The zero-order chi connectivity index (χ0) is 13.6. The summed E-state index contributed by atoms with van der Waals surface area (Å²) in [5.74, 6) is -1.27. The molecule has 0 saturated heterocycles. The van der Waals surface area contributed by atoms with Crippen molar-refractivity contribution in [3.8, 4) is 0 Å². The van der Waals surface area contributed by atoms with Gasteiger partial charge >= 0.3 is 0 Å². The molecule has 2 aromatic rings. The summed E-state index contributed by atoms with van der Waals surface area (Å²) in [5, 5.41) is 10.3. The lowest BCUT2D eigenvalue weighted by atomic mass is 10.0. The van der Waals surface area contributed by atoms with E-state index in [1.54, 1.807) is 6.92 Å².